The van der Waals surface area contributed by atoms with E-state index in [2.05, 4.69) is 21.0 Å². The Morgan fingerprint density at radius 3 is 2.46 bits per heavy atom. The molecule has 0 aliphatic rings. The molecule has 1 amide bonds. The zero-order valence-corrected chi connectivity index (χ0v) is 13.6. The van der Waals surface area contributed by atoms with Crippen molar-refractivity contribution < 1.29 is 24.9 Å². The minimum Gasteiger partial charge on any atom is -0.505 e. The van der Waals surface area contributed by atoms with E-state index in [1.54, 1.807) is 24.3 Å². The number of hydrogen-bond donors (Lipinski definition) is 4. The van der Waals surface area contributed by atoms with Gasteiger partial charge in [-0.05, 0) is 24.3 Å². The highest BCUT2D eigenvalue weighted by molar-refractivity contribution is 9.10. The van der Waals surface area contributed by atoms with Gasteiger partial charge in [0.25, 0.3) is 11.5 Å². The van der Waals surface area contributed by atoms with Crippen molar-refractivity contribution in [3.8, 4) is 11.4 Å². The van der Waals surface area contributed by atoms with E-state index in [0.717, 1.165) is 15.2 Å². The molecular formula is C14H12BrN3O6. The van der Waals surface area contributed by atoms with Crippen LogP contribution in [0.2, 0.25) is 0 Å². The average molecular weight is 398 g/mol. The molecule has 9 nitrogen and oxygen atoms in total. The van der Waals surface area contributed by atoms with Gasteiger partial charge >= 0.3 is 5.97 Å². The van der Waals surface area contributed by atoms with Crippen molar-refractivity contribution in [3.05, 3.63) is 50.9 Å². The summed E-state index contributed by atoms with van der Waals surface area (Å²) in [6, 6.07) is 5.66. The molecule has 126 valence electrons. The number of carboxylic acids is 1. The van der Waals surface area contributed by atoms with Crippen LogP contribution in [0.15, 0.2) is 39.6 Å². The Bertz CT molecular complexity index is 833. The molecule has 0 saturated carbocycles. The van der Waals surface area contributed by atoms with E-state index in [1.165, 1.54) is 0 Å². The van der Waals surface area contributed by atoms with Crippen molar-refractivity contribution in [2.24, 2.45) is 0 Å². The topological polar surface area (TPSA) is 142 Å². The SMILES string of the molecule is O=C(NC(CO)C(=O)O)c1nn(-c2ccc(Br)cc2)c(=O)cc1O. The zero-order chi connectivity index (χ0) is 17.9. The third kappa shape index (κ3) is 3.78. The predicted octanol–water partition coefficient (Wildman–Crippen LogP) is -0.124. The molecule has 1 aromatic carbocycles. The average Bonchev–Trinajstić information content (AvgIpc) is 2.53. The number of aliphatic hydroxyl groups is 1. The molecule has 0 radical (unpaired) electrons. The van der Waals surface area contributed by atoms with Crippen LogP contribution in [-0.4, -0.2) is 49.6 Å². The number of benzene rings is 1. The number of amides is 1. The maximum atomic E-state index is 12.1. The number of aromatic hydroxyl groups is 1. The fraction of sp³-hybridized carbons (Fsp3) is 0.143. The van der Waals surface area contributed by atoms with Gasteiger partial charge in [-0.1, -0.05) is 15.9 Å². The molecule has 2 rings (SSSR count). The van der Waals surface area contributed by atoms with Gasteiger partial charge in [-0.15, -0.1) is 0 Å². The Kier molecular flexibility index (Phi) is 5.31. The van der Waals surface area contributed by atoms with Crippen molar-refractivity contribution in [1.82, 2.24) is 15.1 Å². The van der Waals surface area contributed by atoms with Gasteiger partial charge in [-0.2, -0.15) is 9.78 Å². The van der Waals surface area contributed by atoms with Crippen LogP contribution in [-0.2, 0) is 4.79 Å². The molecule has 4 N–H and O–H groups in total. The van der Waals surface area contributed by atoms with Gasteiger partial charge in [0.05, 0.1) is 12.3 Å². The van der Waals surface area contributed by atoms with E-state index in [0.29, 0.717) is 5.69 Å². The fourth-order valence-electron chi connectivity index (χ4n) is 1.79. The lowest BCUT2D eigenvalue weighted by Crippen LogP contribution is -2.44. The van der Waals surface area contributed by atoms with E-state index in [1.807, 2.05) is 5.32 Å². The number of carbonyl (C=O) groups is 2. The third-order valence-electron chi connectivity index (χ3n) is 2.98. The van der Waals surface area contributed by atoms with Crippen LogP contribution in [0.1, 0.15) is 10.5 Å². The molecule has 0 saturated heterocycles. The monoisotopic (exact) mass is 397 g/mol. The van der Waals surface area contributed by atoms with Gasteiger partial charge in [-0.3, -0.25) is 9.59 Å². The highest BCUT2D eigenvalue weighted by atomic mass is 79.9. The second kappa shape index (κ2) is 7.23. The summed E-state index contributed by atoms with van der Waals surface area (Å²) in [5.41, 5.74) is -0.880. The van der Waals surface area contributed by atoms with Crippen LogP contribution in [0.4, 0.5) is 0 Å². The second-order valence-corrected chi connectivity index (χ2v) is 5.57. The smallest absolute Gasteiger partial charge is 0.328 e. The molecule has 1 unspecified atom stereocenters. The number of rotatable bonds is 5. The Balaban J connectivity index is 2.42. The first-order valence-electron chi connectivity index (χ1n) is 6.57. The van der Waals surface area contributed by atoms with E-state index in [9.17, 15) is 19.5 Å². The van der Waals surface area contributed by atoms with Crippen molar-refractivity contribution in [3.63, 3.8) is 0 Å². The summed E-state index contributed by atoms with van der Waals surface area (Å²) in [5.74, 6) is -3.20. The molecule has 24 heavy (non-hydrogen) atoms. The Labute approximate surface area is 143 Å². The van der Waals surface area contributed by atoms with Crippen molar-refractivity contribution in [2.45, 2.75) is 6.04 Å². The quantitative estimate of drug-likeness (QED) is 0.550. The van der Waals surface area contributed by atoms with Gasteiger partial charge < -0.3 is 20.6 Å². The summed E-state index contributed by atoms with van der Waals surface area (Å²) in [4.78, 5) is 34.8. The summed E-state index contributed by atoms with van der Waals surface area (Å²) >= 11 is 3.24. The van der Waals surface area contributed by atoms with E-state index >= 15 is 0 Å². The number of carboxylic acid groups (broad SMARTS) is 1. The molecular weight excluding hydrogens is 386 g/mol. The Hall–Kier alpha value is -2.72. The van der Waals surface area contributed by atoms with Gasteiger partial charge in [0, 0.05) is 10.5 Å². The van der Waals surface area contributed by atoms with Crippen molar-refractivity contribution in [1.29, 1.82) is 0 Å². The molecule has 1 atom stereocenters. The lowest BCUT2D eigenvalue weighted by Gasteiger charge is -2.13. The number of carbonyl (C=O) groups excluding carboxylic acids is 1. The predicted molar refractivity (Wildman–Crippen MR) is 85.2 cm³/mol. The van der Waals surface area contributed by atoms with Crippen molar-refractivity contribution in [2.75, 3.05) is 6.61 Å². The van der Waals surface area contributed by atoms with Gasteiger partial charge in [0.1, 0.15) is 0 Å². The first kappa shape index (κ1) is 17.6. The first-order valence-corrected chi connectivity index (χ1v) is 7.36. The fourth-order valence-corrected chi connectivity index (χ4v) is 2.05. The number of aromatic nitrogens is 2. The lowest BCUT2D eigenvalue weighted by atomic mass is 10.2. The second-order valence-electron chi connectivity index (χ2n) is 4.65. The Morgan fingerprint density at radius 1 is 1.29 bits per heavy atom. The molecule has 0 fully saturated rings. The van der Waals surface area contributed by atoms with Gasteiger partial charge in [-0.25, -0.2) is 4.79 Å². The number of aliphatic carboxylic acids is 1. The van der Waals surface area contributed by atoms with Gasteiger partial charge in [0.2, 0.25) is 0 Å². The summed E-state index contributed by atoms with van der Waals surface area (Å²) < 4.78 is 1.65. The van der Waals surface area contributed by atoms with E-state index in [-0.39, 0.29) is 0 Å². The molecule has 0 aliphatic carbocycles. The molecule has 0 spiro atoms. The number of nitrogens with zero attached hydrogens (tertiary/aromatic N) is 2. The molecule has 0 aliphatic heterocycles. The highest BCUT2D eigenvalue weighted by Gasteiger charge is 2.23. The van der Waals surface area contributed by atoms with Crippen LogP contribution in [0.25, 0.3) is 5.69 Å². The summed E-state index contributed by atoms with van der Waals surface area (Å²) in [5, 5.41) is 33.3. The third-order valence-corrected chi connectivity index (χ3v) is 3.51. The largest absolute Gasteiger partial charge is 0.505 e. The van der Waals surface area contributed by atoms with Crippen LogP contribution in [0.3, 0.4) is 0 Å². The van der Waals surface area contributed by atoms with E-state index in [4.69, 9.17) is 10.2 Å². The number of aliphatic hydroxyl groups excluding tert-OH is 1. The first-order chi connectivity index (χ1) is 11.3. The molecule has 0 bridgehead atoms. The zero-order valence-electron chi connectivity index (χ0n) is 12.0. The molecule has 2 aromatic rings. The normalized spacial score (nSPS) is 11.8. The number of hydrogen-bond acceptors (Lipinski definition) is 6. The van der Waals surface area contributed by atoms with Crippen molar-refractivity contribution >= 4 is 27.8 Å². The number of nitrogens with one attached hydrogen (secondary N) is 1. The van der Waals surface area contributed by atoms with Gasteiger partial charge in [0.15, 0.2) is 17.5 Å². The van der Waals surface area contributed by atoms with Crippen LogP contribution >= 0.6 is 15.9 Å². The maximum Gasteiger partial charge on any atom is 0.328 e. The highest BCUT2D eigenvalue weighted by Crippen LogP contribution is 2.15. The lowest BCUT2D eigenvalue weighted by molar-refractivity contribution is -0.140. The molecule has 1 aromatic heterocycles. The Morgan fingerprint density at radius 2 is 1.92 bits per heavy atom. The van der Waals surface area contributed by atoms with Crippen LogP contribution in [0.5, 0.6) is 5.75 Å². The summed E-state index contributed by atoms with van der Waals surface area (Å²) in [6.45, 7) is -0.839. The minimum absolute atomic E-state index is 0.342. The standard InChI is InChI=1S/C14H12BrN3O6/c15-7-1-3-8(4-2-7)18-11(21)5-10(20)12(17-18)13(22)16-9(6-19)14(23)24/h1-5,9,19-20H,6H2,(H,16,22)(H,23,24). The van der Waals surface area contributed by atoms with E-state index < -0.39 is 41.5 Å². The van der Waals surface area contributed by atoms with Crippen LogP contribution < -0.4 is 10.9 Å². The number of halogens is 1. The summed E-state index contributed by atoms with van der Waals surface area (Å²) in [6.07, 6.45) is 0. The maximum absolute atomic E-state index is 12.1. The molecule has 10 heteroatoms. The summed E-state index contributed by atoms with van der Waals surface area (Å²) in [7, 11) is 0. The minimum atomic E-state index is -1.56. The molecule has 1 heterocycles. The van der Waals surface area contributed by atoms with Crippen LogP contribution in [0, 0.1) is 0 Å².